The van der Waals surface area contributed by atoms with Crippen molar-refractivity contribution < 1.29 is 0 Å². The van der Waals surface area contributed by atoms with E-state index < -0.39 is 0 Å². The fourth-order valence-electron chi connectivity index (χ4n) is 0.997. The highest BCUT2D eigenvalue weighted by atomic mass is 14.9. The molecule has 1 aliphatic rings. The summed E-state index contributed by atoms with van der Waals surface area (Å²) in [6.45, 7) is 6.17. The van der Waals surface area contributed by atoms with Gasteiger partial charge in [-0.25, -0.2) is 0 Å². The van der Waals surface area contributed by atoms with Gasteiger partial charge in [-0.1, -0.05) is 0 Å². The van der Waals surface area contributed by atoms with E-state index in [1.807, 2.05) is 13.1 Å². The molecule has 10 heavy (non-hydrogen) atoms. The van der Waals surface area contributed by atoms with Gasteiger partial charge in [0.1, 0.15) is 0 Å². The van der Waals surface area contributed by atoms with Crippen molar-refractivity contribution >= 4 is 0 Å². The van der Waals surface area contributed by atoms with Gasteiger partial charge in [0, 0.05) is 17.9 Å². The van der Waals surface area contributed by atoms with Crippen molar-refractivity contribution in [3.05, 3.63) is 23.0 Å². The average Bonchev–Trinajstić information content (AvgIpc) is 1.93. The van der Waals surface area contributed by atoms with Crippen molar-refractivity contribution in [2.24, 2.45) is 5.73 Å². The Morgan fingerprint density at radius 2 is 2.10 bits per heavy atom. The molecule has 1 aliphatic heterocycles. The second kappa shape index (κ2) is 2.37. The van der Waals surface area contributed by atoms with Crippen LogP contribution in [0.2, 0.25) is 0 Å². The van der Waals surface area contributed by atoms with Crippen molar-refractivity contribution in [3.8, 4) is 0 Å². The minimum Gasteiger partial charge on any atom is -0.398 e. The molecule has 0 aliphatic carbocycles. The van der Waals surface area contributed by atoms with Crippen LogP contribution in [0.15, 0.2) is 23.0 Å². The Morgan fingerprint density at radius 1 is 1.50 bits per heavy atom. The number of allylic oxidation sites excluding steroid dienone is 1. The van der Waals surface area contributed by atoms with Crippen LogP contribution in [0.1, 0.15) is 20.8 Å². The van der Waals surface area contributed by atoms with E-state index in [9.17, 15) is 0 Å². The monoisotopic (exact) mass is 138 g/mol. The topological polar surface area (TPSA) is 38.0 Å². The lowest BCUT2D eigenvalue weighted by atomic mass is 10.0. The summed E-state index contributed by atoms with van der Waals surface area (Å²) < 4.78 is 0. The van der Waals surface area contributed by atoms with Crippen molar-refractivity contribution in [1.82, 2.24) is 5.32 Å². The maximum Gasteiger partial charge on any atom is 0.0460 e. The summed E-state index contributed by atoms with van der Waals surface area (Å²) in [5.74, 6) is 0. The molecule has 2 nitrogen and oxygen atoms in total. The zero-order chi connectivity index (χ0) is 7.72. The predicted octanol–water partition coefficient (Wildman–Crippen LogP) is 1.11. The second-order valence-electron chi connectivity index (χ2n) is 2.81. The van der Waals surface area contributed by atoms with Gasteiger partial charge in [0.15, 0.2) is 0 Å². The fraction of sp³-hybridized carbons (Fsp3) is 0.500. The quantitative estimate of drug-likeness (QED) is 0.526. The number of rotatable bonds is 0. The standard InChI is InChI=1S/C8H14N2/c1-5-4-10-7(3)6(2)8(5)9/h4,7,10H,9H2,1-3H3/t7-/m0/s1. The molecule has 2 heteroatoms. The number of nitrogens with two attached hydrogens (primary N) is 1. The van der Waals surface area contributed by atoms with Crippen LogP contribution in [-0.2, 0) is 0 Å². The van der Waals surface area contributed by atoms with E-state index in [0.717, 1.165) is 11.3 Å². The summed E-state index contributed by atoms with van der Waals surface area (Å²) in [6, 6.07) is 0.392. The van der Waals surface area contributed by atoms with E-state index in [0.29, 0.717) is 6.04 Å². The molecule has 0 amide bonds. The minimum atomic E-state index is 0.392. The highest BCUT2D eigenvalue weighted by Gasteiger charge is 2.11. The molecule has 0 aromatic carbocycles. The van der Waals surface area contributed by atoms with Crippen molar-refractivity contribution in [2.75, 3.05) is 0 Å². The second-order valence-corrected chi connectivity index (χ2v) is 2.81. The van der Waals surface area contributed by atoms with Gasteiger partial charge in [-0.2, -0.15) is 0 Å². The van der Waals surface area contributed by atoms with E-state index >= 15 is 0 Å². The maximum atomic E-state index is 5.78. The van der Waals surface area contributed by atoms with Crippen LogP contribution >= 0.6 is 0 Å². The number of dihydropyridines is 1. The Labute approximate surface area is 61.8 Å². The molecular formula is C8H14N2. The average molecular weight is 138 g/mol. The molecule has 0 spiro atoms. The molecule has 0 bridgehead atoms. The summed E-state index contributed by atoms with van der Waals surface area (Å²) in [4.78, 5) is 0. The summed E-state index contributed by atoms with van der Waals surface area (Å²) >= 11 is 0. The van der Waals surface area contributed by atoms with Gasteiger partial charge in [-0.3, -0.25) is 0 Å². The third kappa shape index (κ3) is 1.01. The van der Waals surface area contributed by atoms with Gasteiger partial charge < -0.3 is 11.1 Å². The summed E-state index contributed by atoms with van der Waals surface area (Å²) in [5.41, 5.74) is 9.09. The smallest absolute Gasteiger partial charge is 0.0460 e. The van der Waals surface area contributed by atoms with Gasteiger partial charge in [-0.05, 0) is 31.9 Å². The molecule has 1 atom stereocenters. The Bertz CT molecular complexity index is 201. The van der Waals surface area contributed by atoms with Crippen LogP contribution in [0, 0.1) is 0 Å². The van der Waals surface area contributed by atoms with Gasteiger partial charge in [0.05, 0.1) is 0 Å². The third-order valence-corrected chi connectivity index (χ3v) is 2.05. The highest BCUT2D eigenvalue weighted by molar-refractivity contribution is 5.35. The molecule has 0 fully saturated rings. The van der Waals surface area contributed by atoms with Gasteiger partial charge in [0.25, 0.3) is 0 Å². The first-order valence-corrected chi connectivity index (χ1v) is 3.52. The lowest BCUT2D eigenvalue weighted by molar-refractivity contribution is 0.698. The molecule has 0 saturated carbocycles. The molecule has 3 N–H and O–H groups in total. The fourth-order valence-corrected chi connectivity index (χ4v) is 0.997. The molecule has 56 valence electrons. The Balaban J connectivity index is 2.94. The third-order valence-electron chi connectivity index (χ3n) is 2.05. The van der Waals surface area contributed by atoms with E-state index in [4.69, 9.17) is 5.73 Å². The van der Waals surface area contributed by atoms with Crippen LogP contribution in [0.4, 0.5) is 0 Å². The van der Waals surface area contributed by atoms with Gasteiger partial charge >= 0.3 is 0 Å². The van der Waals surface area contributed by atoms with Crippen LogP contribution in [0.5, 0.6) is 0 Å². The van der Waals surface area contributed by atoms with Crippen molar-refractivity contribution in [2.45, 2.75) is 26.8 Å². The summed E-state index contributed by atoms with van der Waals surface area (Å²) in [7, 11) is 0. The Kier molecular flexibility index (Phi) is 1.70. The first kappa shape index (κ1) is 7.19. The van der Waals surface area contributed by atoms with E-state index in [-0.39, 0.29) is 0 Å². The van der Waals surface area contributed by atoms with E-state index in [2.05, 4.69) is 19.2 Å². The van der Waals surface area contributed by atoms with Crippen LogP contribution in [-0.4, -0.2) is 6.04 Å². The largest absolute Gasteiger partial charge is 0.398 e. The lowest BCUT2D eigenvalue weighted by Crippen LogP contribution is -2.29. The number of hydrogen-bond donors (Lipinski definition) is 2. The molecule has 0 radical (unpaired) electrons. The maximum absolute atomic E-state index is 5.78. The normalized spacial score (nSPS) is 25.9. The summed E-state index contributed by atoms with van der Waals surface area (Å²) in [5, 5.41) is 3.21. The minimum absolute atomic E-state index is 0.392. The molecular weight excluding hydrogens is 124 g/mol. The van der Waals surface area contributed by atoms with E-state index in [1.165, 1.54) is 5.57 Å². The van der Waals surface area contributed by atoms with Crippen LogP contribution in [0.3, 0.4) is 0 Å². The number of nitrogens with one attached hydrogen (secondary N) is 1. The molecule has 0 saturated heterocycles. The molecule has 1 heterocycles. The molecule has 0 aromatic heterocycles. The zero-order valence-corrected chi connectivity index (χ0v) is 6.73. The molecule has 1 rings (SSSR count). The van der Waals surface area contributed by atoms with Gasteiger partial charge in [-0.15, -0.1) is 0 Å². The molecule has 0 aromatic rings. The first-order valence-electron chi connectivity index (χ1n) is 3.52. The zero-order valence-electron chi connectivity index (χ0n) is 6.73. The van der Waals surface area contributed by atoms with Crippen molar-refractivity contribution in [1.29, 1.82) is 0 Å². The lowest BCUT2D eigenvalue weighted by Gasteiger charge is -2.21. The summed E-state index contributed by atoms with van der Waals surface area (Å²) in [6.07, 6.45) is 1.97. The van der Waals surface area contributed by atoms with Crippen molar-refractivity contribution in [3.63, 3.8) is 0 Å². The highest BCUT2D eigenvalue weighted by Crippen LogP contribution is 2.15. The van der Waals surface area contributed by atoms with Crippen LogP contribution < -0.4 is 11.1 Å². The van der Waals surface area contributed by atoms with Gasteiger partial charge in [0.2, 0.25) is 0 Å². The predicted molar refractivity (Wildman–Crippen MR) is 43.2 cm³/mol. The Morgan fingerprint density at radius 3 is 2.60 bits per heavy atom. The van der Waals surface area contributed by atoms with E-state index in [1.54, 1.807) is 0 Å². The van der Waals surface area contributed by atoms with Crippen LogP contribution in [0.25, 0.3) is 0 Å². The number of hydrogen-bond acceptors (Lipinski definition) is 2. The Hall–Kier alpha value is -0.920. The first-order chi connectivity index (χ1) is 4.63. The molecule has 0 unspecified atom stereocenters. The SMILES string of the molecule is CC1=CN[C@@H](C)C(C)=C1N.